The number of benzene rings is 3. The number of hydrogen-bond acceptors (Lipinski definition) is 4. The molecule has 0 unspecified atom stereocenters. The molecule has 0 radical (unpaired) electrons. The highest BCUT2D eigenvalue weighted by Crippen LogP contribution is 2.44. The predicted octanol–water partition coefficient (Wildman–Crippen LogP) is 4.95. The lowest BCUT2D eigenvalue weighted by molar-refractivity contribution is -0.143. The zero-order valence-electron chi connectivity index (χ0n) is 16.1. The highest BCUT2D eigenvalue weighted by molar-refractivity contribution is 7.99. The molecule has 1 aromatic heterocycles. The van der Waals surface area contributed by atoms with Crippen molar-refractivity contribution in [2.75, 3.05) is 12.9 Å². The molecule has 0 aliphatic carbocycles. The van der Waals surface area contributed by atoms with E-state index in [1.807, 2.05) is 42.5 Å². The van der Waals surface area contributed by atoms with Crippen LogP contribution in [0.1, 0.15) is 11.6 Å². The van der Waals surface area contributed by atoms with Gasteiger partial charge in [0.15, 0.2) is 0 Å². The summed E-state index contributed by atoms with van der Waals surface area (Å²) in [5, 5.41) is 4.59. The summed E-state index contributed by atoms with van der Waals surface area (Å²) >= 11 is 1.55. The van der Waals surface area contributed by atoms with Gasteiger partial charge in [0.1, 0.15) is 6.04 Å². The molecule has 2 heterocycles. The summed E-state index contributed by atoms with van der Waals surface area (Å²) in [7, 11) is 1.37. The molecule has 0 amide bonds. The maximum Gasteiger partial charge on any atom is 0.329 e. The van der Waals surface area contributed by atoms with Crippen molar-refractivity contribution in [2.24, 2.45) is 0 Å². The van der Waals surface area contributed by atoms with Gasteiger partial charge in [0.2, 0.25) is 0 Å². The standard InChI is InChI=1S/C24H19NO3S/c1-14-17-11-7-6-10-16(17)12-18-20(14)21(15-8-4-3-5-9-15)23-25(22(18)26)19(13-29-23)24(27)28-2/h3-12,19H,13H2,1-2H3/t19-/m0/s1. The van der Waals surface area contributed by atoms with E-state index in [9.17, 15) is 9.59 Å². The number of carbonyl (C=O) groups excluding carboxylic acids is 1. The molecule has 0 spiro atoms. The number of hydrogen-bond donors (Lipinski definition) is 0. The van der Waals surface area contributed by atoms with Crippen LogP contribution in [0.3, 0.4) is 0 Å². The summed E-state index contributed by atoms with van der Waals surface area (Å²) in [5.74, 6) is 0.116. The Hall–Kier alpha value is -3.05. The van der Waals surface area contributed by atoms with Crippen LogP contribution in [0.5, 0.6) is 0 Å². The molecule has 1 aliphatic heterocycles. The molecule has 4 nitrogen and oxygen atoms in total. The van der Waals surface area contributed by atoms with Crippen molar-refractivity contribution < 1.29 is 9.53 Å². The molecule has 29 heavy (non-hydrogen) atoms. The summed E-state index contributed by atoms with van der Waals surface area (Å²) in [6, 6.07) is 19.5. The number of aryl methyl sites for hydroxylation is 1. The van der Waals surface area contributed by atoms with Crippen LogP contribution in [-0.2, 0) is 9.53 Å². The van der Waals surface area contributed by atoms with Gasteiger partial charge < -0.3 is 4.74 Å². The smallest absolute Gasteiger partial charge is 0.329 e. The normalized spacial score (nSPS) is 15.6. The Labute approximate surface area is 172 Å². The van der Waals surface area contributed by atoms with Crippen LogP contribution in [0.15, 0.2) is 70.5 Å². The van der Waals surface area contributed by atoms with E-state index in [0.29, 0.717) is 11.1 Å². The Morgan fingerprint density at radius 1 is 1.07 bits per heavy atom. The first-order chi connectivity index (χ1) is 14.1. The summed E-state index contributed by atoms with van der Waals surface area (Å²) in [6.07, 6.45) is 0. The second-order valence-electron chi connectivity index (χ2n) is 7.22. The highest BCUT2D eigenvalue weighted by atomic mass is 32.2. The SMILES string of the molecule is COC(=O)[C@@H]1CSc2c(-c3ccccc3)c3c(C)c4ccccc4cc3c(=O)n21. The van der Waals surface area contributed by atoms with Crippen molar-refractivity contribution >= 4 is 39.3 Å². The van der Waals surface area contributed by atoms with Crippen molar-refractivity contribution in [1.29, 1.82) is 0 Å². The molecule has 0 saturated carbocycles. The van der Waals surface area contributed by atoms with Gasteiger partial charge in [0.05, 0.1) is 12.1 Å². The lowest BCUT2D eigenvalue weighted by Crippen LogP contribution is -2.30. The highest BCUT2D eigenvalue weighted by Gasteiger charge is 2.34. The number of aromatic nitrogens is 1. The lowest BCUT2D eigenvalue weighted by Gasteiger charge is -2.19. The maximum atomic E-state index is 13.6. The van der Waals surface area contributed by atoms with Gasteiger partial charge in [0, 0.05) is 22.1 Å². The van der Waals surface area contributed by atoms with Gasteiger partial charge in [-0.05, 0) is 34.9 Å². The fourth-order valence-electron chi connectivity index (χ4n) is 4.31. The van der Waals surface area contributed by atoms with E-state index in [0.717, 1.165) is 37.9 Å². The Balaban J connectivity index is 2.00. The number of pyridine rings is 1. The van der Waals surface area contributed by atoms with Gasteiger partial charge in [-0.25, -0.2) is 4.79 Å². The van der Waals surface area contributed by atoms with Crippen molar-refractivity contribution in [2.45, 2.75) is 18.0 Å². The molecule has 0 saturated heterocycles. The van der Waals surface area contributed by atoms with E-state index in [-0.39, 0.29) is 11.5 Å². The van der Waals surface area contributed by atoms with Crippen LogP contribution in [0.2, 0.25) is 0 Å². The third-order valence-electron chi connectivity index (χ3n) is 5.67. The molecule has 1 atom stereocenters. The molecular weight excluding hydrogens is 382 g/mol. The lowest BCUT2D eigenvalue weighted by atomic mass is 9.92. The molecule has 0 bridgehead atoms. The molecule has 0 fully saturated rings. The topological polar surface area (TPSA) is 48.3 Å². The minimum Gasteiger partial charge on any atom is -0.467 e. The van der Waals surface area contributed by atoms with Crippen LogP contribution in [0.4, 0.5) is 0 Å². The first-order valence-electron chi connectivity index (χ1n) is 9.48. The van der Waals surface area contributed by atoms with Crippen molar-refractivity contribution in [3.8, 4) is 11.1 Å². The first kappa shape index (κ1) is 18.0. The van der Waals surface area contributed by atoms with Crippen LogP contribution in [-0.4, -0.2) is 23.4 Å². The second kappa shape index (κ2) is 6.78. The van der Waals surface area contributed by atoms with E-state index in [4.69, 9.17) is 4.74 Å². The fraction of sp³-hybridized carbons (Fsp3) is 0.167. The average molecular weight is 401 g/mol. The molecule has 144 valence electrons. The van der Waals surface area contributed by atoms with Gasteiger partial charge in [-0.3, -0.25) is 9.36 Å². The van der Waals surface area contributed by atoms with Gasteiger partial charge in [-0.2, -0.15) is 0 Å². The Morgan fingerprint density at radius 2 is 1.79 bits per heavy atom. The molecule has 5 heteroatoms. The number of thioether (sulfide) groups is 1. The Bertz CT molecular complexity index is 1340. The molecule has 5 rings (SSSR count). The summed E-state index contributed by atoms with van der Waals surface area (Å²) < 4.78 is 6.62. The van der Waals surface area contributed by atoms with E-state index >= 15 is 0 Å². The van der Waals surface area contributed by atoms with Crippen LogP contribution in [0, 0.1) is 6.92 Å². The summed E-state index contributed by atoms with van der Waals surface area (Å²) in [5.41, 5.74) is 3.00. The van der Waals surface area contributed by atoms with Crippen molar-refractivity contribution in [3.63, 3.8) is 0 Å². The van der Waals surface area contributed by atoms with Crippen LogP contribution in [0.25, 0.3) is 32.7 Å². The number of esters is 1. The van der Waals surface area contributed by atoms with Gasteiger partial charge >= 0.3 is 5.97 Å². The predicted molar refractivity (Wildman–Crippen MR) is 118 cm³/mol. The number of ether oxygens (including phenoxy) is 1. The third-order valence-corrected chi connectivity index (χ3v) is 6.82. The summed E-state index contributed by atoms with van der Waals surface area (Å²) in [4.78, 5) is 26.0. The second-order valence-corrected chi connectivity index (χ2v) is 8.23. The fourth-order valence-corrected chi connectivity index (χ4v) is 5.62. The largest absolute Gasteiger partial charge is 0.467 e. The Kier molecular flexibility index (Phi) is 4.21. The third kappa shape index (κ3) is 2.61. The zero-order chi connectivity index (χ0) is 20.1. The van der Waals surface area contributed by atoms with E-state index < -0.39 is 6.04 Å². The van der Waals surface area contributed by atoms with Crippen molar-refractivity contribution in [1.82, 2.24) is 4.57 Å². The van der Waals surface area contributed by atoms with Crippen molar-refractivity contribution in [3.05, 3.63) is 76.6 Å². The van der Waals surface area contributed by atoms with Gasteiger partial charge in [-0.1, -0.05) is 54.6 Å². The first-order valence-corrected chi connectivity index (χ1v) is 10.5. The number of fused-ring (bicyclic) bond motifs is 3. The number of nitrogens with zero attached hydrogens (tertiary/aromatic N) is 1. The zero-order valence-corrected chi connectivity index (χ0v) is 17.0. The van der Waals surface area contributed by atoms with E-state index in [2.05, 4.69) is 25.1 Å². The number of carbonyl (C=O) groups is 1. The molecular formula is C24H19NO3S. The van der Waals surface area contributed by atoms with E-state index in [1.165, 1.54) is 7.11 Å². The maximum absolute atomic E-state index is 13.6. The van der Waals surface area contributed by atoms with Crippen LogP contribution >= 0.6 is 11.8 Å². The minimum atomic E-state index is -0.605. The molecule has 4 aromatic rings. The quantitative estimate of drug-likeness (QED) is 0.352. The van der Waals surface area contributed by atoms with Gasteiger partial charge in [0.25, 0.3) is 5.56 Å². The molecule has 3 aromatic carbocycles. The van der Waals surface area contributed by atoms with Gasteiger partial charge in [-0.15, -0.1) is 11.8 Å². The Morgan fingerprint density at radius 3 is 2.55 bits per heavy atom. The average Bonchev–Trinajstić information content (AvgIpc) is 3.20. The molecule has 1 aliphatic rings. The number of methoxy groups -OCH3 is 1. The van der Waals surface area contributed by atoms with Crippen LogP contribution < -0.4 is 5.56 Å². The number of rotatable bonds is 2. The summed E-state index contributed by atoms with van der Waals surface area (Å²) in [6.45, 7) is 2.07. The van der Waals surface area contributed by atoms with E-state index in [1.54, 1.807) is 16.3 Å². The minimum absolute atomic E-state index is 0.135. The molecule has 0 N–H and O–H groups in total. The monoisotopic (exact) mass is 401 g/mol.